The van der Waals surface area contributed by atoms with Crippen LogP contribution in [0.4, 0.5) is 11.4 Å². The van der Waals surface area contributed by atoms with E-state index in [4.69, 9.17) is 0 Å². The molecule has 0 aromatic heterocycles. The van der Waals surface area contributed by atoms with Gasteiger partial charge in [-0.1, -0.05) is 44.9 Å². The number of amides is 2. The summed E-state index contributed by atoms with van der Waals surface area (Å²) < 4.78 is 27.6. The van der Waals surface area contributed by atoms with Crippen molar-refractivity contribution in [1.29, 1.82) is 0 Å². The number of anilines is 2. The molecular formula is C28H40N4O4S. The minimum absolute atomic E-state index is 0.0624. The number of sulfonamides is 1. The SMILES string of the molecule is CNc1ccc(C(=O)NC(CC(=O)NS(=O)(=O)c2ccccc2C)C(C)C)cc1N(C)CC1CCCC1. The second kappa shape index (κ2) is 12.4. The largest absolute Gasteiger partial charge is 0.386 e. The zero-order valence-electron chi connectivity index (χ0n) is 22.5. The molecular weight excluding hydrogens is 488 g/mol. The third-order valence-electron chi connectivity index (χ3n) is 7.11. The number of carbonyl (C=O) groups excluding carboxylic acids is 2. The van der Waals surface area contributed by atoms with Gasteiger partial charge in [0, 0.05) is 38.7 Å². The smallest absolute Gasteiger partial charge is 0.264 e. The van der Waals surface area contributed by atoms with Crippen LogP contribution in [0.3, 0.4) is 0 Å². The van der Waals surface area contributed by atoms with Crippen molar-refractivity contribution in [2.45, 2.75) is 63.8 Å². The van der Waals surface area contributed by atoms with Crippen LogP contribution in [0.2, 0.25) is 0 Å². The number of nitrogens with one attached hydrogen (secondary N) is 3. The summed E-state index contributed by atoms with van der Waals surface area (Å²) in [6.07, 6.45) is 4.86. The van der Waals surface area contributed by atoms with E-state index in [1.165, 1.54) is 31.7 Å². The molecule has 8 nitrogen and oxygen atoms in total. The Kier molecular flexibility index (Phi) is 9.59. The number of rotatable bonds is 11. The molecule has 2 aromatic rings. The Hall–Kier alpha value is -3.07. The maximum absolute atomic E-state index is 13.2. The number of aryl methyl sites for hydroxylation is 1. The van der Waals surface area contributed by atoms with E-state index in [-0.39, 0.29) is 23.1 Å². The molecule has 1 fully saturated rings. The van der Waals surface area contributed by atoms with Gasteiger partial charge in [-0.15, -0.1) is 0 Å². The van der Waals surface area contributed by atoms with Crippen molar-refractivity contribution < 1.29 is 18.0 Å². The molecule has 3 N–H and O–H groups in total. The van der Waals surface area contributed by atoms with E-state index in [2.05, 4.69) is 20.3 Å². The van der Waals surface area contributed by atoms with Gasteiger partial charge in [0.2, 0.25) is 5.91 Å². The van der Waals surface area contributed by atoms with Crippen molar-refractivity contribution >= 4 is 33.2 Å². The van der Waals surface area contributed by atoms with E-state index in [0.717, 1.165) is 17.9 Å². The molecule has 1 aliphatic rings. The van der Waals surface area contributed by atoms with Crippen LogP contribution >= 0.6 is 0 Å². The predicted molar refractivity (Wildman–Crippen MR) is 148 cm³/mol. The molecule has 1 saturated carbocycles. The lowest BCUT2D eigenvalue weighted by Crippen LogP contribution is -2.43. The van der Waals surface area contributed by atoms with E-state index < -0.39 is 22.0 Å². The molecule has 0 bridgehead atoms. The number of carbonyl (C=O) groups is 2. The molecule has 37 heavy (non-hydrogen) atoms. The summed E-state index contributed by atoms with van der Waals surface area (Å²) in [5, 5.41) is 6.15. The number of benzene rings is 2. The molecule has 1 aliphatic carbocycles. The van der Waals surface area contributed by atoms with Gasteiger partial charge in [-0.2, -0.15) is 0 Å². The summed E-state index contributed by atoms with van der Waals surface area (Å²) in [5.74, 6) is -0.389. The Morgan fingerprint density at radius 1 is 1.08 bits per heavy atom. The predicted octanol–water partition coefficient (Wildman–Crippen LogP) is 4.31. The van der Waals surface area contributed by atoms with Crippen LogP contribution < -0.4 is 20.3 Å². The molecule has 0 radical (unpaired) electrons. The van der Waals surface area contributed by atoms with Gasteiger partial charge in [0.25, 0.3) is 15.9 Å². The highest BCUT2D eigenvalue weighted by atomic mass is 32.2. The summed E-state index contributed by atoms with van der Waals surface area (Å²) in [6.45, 7) is 6.39. The van der Waals surface area contributed by atoms with Crippen molar-refractivity contribution in [2.24, 2.45) is 11.8 Å². The Morgan fingerprint density at radius 2 is 1.76 bits per heavy atom. The first-order valence-electron chi connectivity index (χ1n) is 13.0. The molecule has 0 saturated heterocycles. The highest BCUT2D eigenvalue weighted by Crippen LogP contribution is 2.31. The van der Waals surface area contributed by atoms with E-state index in [1.807, 2.05) is 40.1 Å². The van der Waals surface area contributed by atoms with E-state index >= 15 is 0 Å². The molecule has 1 unspecified atom stereocenters. The summed E-state index contributed by atoms with van der Waals surface area (Å²) in [6, 6.07) is 11.5. The van der Waals surface area contributed by atoms with Gasteiger partial charge in [-0.25, -0.2) is 13.1 Å². The first kappa shape index (κ1) is 28.5. The summed E-state index contributed by atoms with van der Waals surface area (Å²) >= 11 is 0. The van der Waals surface area contributed by atoms with Crippen molar-refractivity contribution in [3.8, 4) is 0 Å². The molecule has 1 atom stereocenters. The lowest BCUT2D eigenvalue weighted by Gasteiger charge is -2.26. The van der Waals surface area contributed by atoms with E-state index in [9.17, 15) is 18.0 Å². The fourth-order valence-electron chi connectivity index (χ4n) is 4.89. The molecule has 3 rings (SSSR count). The highest BCUT2D eigenvalue weighted by molar-refractivity contribution is 7.90. The molecule has 2 amide bonds. The fourth-order valence-corrected chi connectivity index (χ4v) is 6.13. The van der Waals surface area contributed by atoms with Crippen LogP contribution in [-0.2, 0) is 14.8 Å². The molecule has 0 aliphatic heterocycles. The van der Waals surface area contributed by atoms with Crippen LogP contribution in [-0.4, -0.2) is 46.9 Å². The van der Waals surface area contributed by atoms with Gasteiger partial charge in [-0.3, -0.25) is 9.59 Å². The maximum atomic E-state index is 13.2. The normalized spacial score (nSPS) is 14.9. The molecule has 9 heteroatoms. The third kappa shape index (κ3) is 7.47. The lowest BCUT2D eigenvalue weighted by atomic mass is 10.00. The second-order valence-corrected chi connectivity index (χ2v) is 12.0. The maximum Gasteiger partial charge on any atom is 0.264 e. The monoisotopic (exact) mass is 528 g/mol. The average Bonchev–Trinajstić information content (AvgIpc) is 3.35. The minimum Gasteiger partial charge on any atom is -0.386 e. The number of nitrogens with zero attached hydrogens (tertiary/aromatic N) is 1. The Morgan fingerprint density at radius 3 is 2.38 bits per heavy atom. The average molecular weight is 529 g/mol. The Labute approximate surface area is 221 Å². The van der Waals surface area contributed by atoms with Crippen LogP contribution in [0.5, 0.6) is 0 Å². The molecule has 202 valence electrons. The van der Waals surface area contributed by atoms with Gasteiger partial charge in [0.1, 0.15) is 0 Å². The van der Waals surface area contributed by atoms with Crippen LogP contribution in [0, 0.1) is 18.8 Å². The first-order valence-corrected chi connectivity index (χ1v) is 14.4. The van der Waals surface area contributed by atoms with Crippen LogP contribution in [0.25, 0.3) is 0 Å². The van der Waals surface area contributed by atoms with Gasteiger partial charge in [-0.05, 0) is 61.4 Å². The molecule has 0 heterocycles. The highest BCUT2D eigenvalue weighted by Gasteiger charge is 2.25. The summed E-state index contributed by atoms with van der Waals surface area (Å²) in [7, 11) is -0.0904. The van der Waals surface area contributed by atoms with Crippen molar-refractivity contribution in [1.82, 2.24) is 10.0 Å². The molecule has 2 aromatic carbocycles. The van der Waals surface area contributed by atoms with E-state index in [1.54, 1.807) is 31.2 Å². The van der Waals surface area contributed by atoms with Crippen molar-refractivity contribution in [3.05, 3.63) is 53.6 Å². The van der Waals surface area contributed by atoms with E-state index in [0.29, 0.717) is 17.0 Å². The van der Waals surface area contributed by atoms with Crippen LogP contribution in [0.15, 0.2) is 47.4 Å². The van der Waals surface area contributed by atoms with Gasteiger partial charge >= 0.3 is 0 Å². The number of hydrogen-bond acceptors (Lipinski definition) is 6. The minimum atomic E-state index is -4.00. The quantitative estimate of drug-likeness (QED) is 0.401. The number of hydrogen-bond donors (Lipinski definition) is 3. The topological polar surface area (TPSA) is 108 Å². The summed E-state index contributed by atoms with van der Waals surface area (Å²) in [5.41, 5.74) is 2.93. The van der Waals surface area contributed by atoms with Crippen molar-refractivity contribution in [2.75, 3.05) is 30.9 Å². The van der Waals surface area contributed by atoms with Crippen LogP contribution in [0.1, 0.15) is 61.9 Å². The zero-order valence-corrected chi connectivity index (χ0v) is 23.3. The van der Waals surface area contributed by atoms with Gasteiger partial charge < -0.3 is 15.5 Å². The van der Waals surface area contributed by atoms with Gasteiger partial charge in [0.05, 0.1) is 16.3 Å². The fraction of sp³-hybridized carbons (Fsp3) is 0.500. The standard InChI is InChI=1S/C28H40N4O4S/c1-19(2)24(17-27(33)31-37(35,36)26-13-9-6-10-20(26)3)30-28(34)22-14-15-23(29-4)25(16-22)32(5)18-21-11-7-8-12-21/h6,9-10,13-16,19,21,24,29H,7-8,11-12,17-18H2,1-5H3,(H,30,34)(H,31,33). The first-order chi connectivity index (χ1) is 17.5. The Bertz CT molecular complexity index is 1210. The lowest BCUT2D eigenvalue weighted by molar-refractivity contribution is -0.120. The zero-order chi connectivity index (χ0) is 27.2. The molecule has 0 spiro atoms. The summed E-state index contributed by atoms with van der Waals surface area (Å²) in [4.78, 5) is 28.2. The van der Waals surface area contributed by atoms with Gasteiger partial charge in [0.15, 0.2) is 0 Å². The Balaban J connectivity index is 1.70. The third-order valence-corrected chi connectivity index (χ3v) is 8.64. The second-order valence-electron chi connectivity index (χ2n) is 10.3. The van der Waals surface area contributed by atoms with Crippen molar-refractivity contribution in [3.63, 3.8) is 0 Å².